The Kier molecular flexibility index (Phi) is 9.63. The molecule has 4 aromatic rings. The summed E-state index contributed by atoms with van der Waals surface area (Å²) in [6, 6.07) is 31.8. The van der Waals surface area contributed by atoms with Crippen molar-refractivity contribution in [3.63, 3.8) is 0 Å². The van der Waals surface area contributed by atoms with Gasteiger partial charge in [0, 0.05) is 47.1 Å². The summed E-state index contributed by atoms with van der Waals surface area (Å²) in [5.74, 6) is 1.59. The lowest BCUT2D eigenvalue weighted by Crippen LogP contribution is -2.35. The van der Waals surface area contributed by atoms with Gasteiger partial charge in [-0.1, -0.05) is 36.0 Å². The number of amidine groups is 2. The molecular formula is C33H36N6O2S. The Labute approximate surface area is 251 Å². The number of para-hydroxylation sites is 2. The van der Waals surface area contributed by atoms with Crippen molar-refractivity contribution in [1.29, 1.82) is 10.8 Å². The van der Waals surface area contributed by atoms with Crippen LogP contribution in [-0.4, -0.2) is 56.0 Å². The molecule has 216 valence electrons. The molecule has 0 radical (unpaired) electrons. The molecule has 8 nitrogen and oxygen atoms in total. The summed E-state index contributed by atoms with van der Waals surface area (Å²) in [4.78, 5) is 7.35. The highest BCUT2D eigenvalue weighted by Gasteiger charge is 2.22. The molecule has 1 aliphatic heterocycles. The molecule has 6 N–H and O–H groups in total. The number of hydrogen-bond donors (Lipinski definition) is 4. The Bertz CT molecular complexity index is 1400. The van der Waals surface area contributed by atoms with Crippen LogP contribution < -0.4 is 25.8 Å². The second-order valence-corrected chi connectivity index (χ2v) is 11.0. The lowest BCUT2D eigenvalue weighted by molar-refractivity contribution is 0.176. The molecule has 5 rings (SSSR count). The summed E-state index contributed by atoms with van der Waals surface area (Å²) in [7, 11) is 0. The van der Waals surface area contributed by atoms with E-state index in [0.29, 0.717) is 24.3 Å². The summed E-state index contributed by atoms with van der Waals surface area (Å²) in [5.41, 5.74) is 15.0. The van der Waals surface area contributed by atoms with Crippen LogP contribution >= 0.6 is 11.8 Å². The van der Waals surface area contributed by atoms with Crippen molar-refractivity contribution in [3.05, 3.63) is 108 Å². The number of hydrogen-bond acceptors (Lipinski definition) is 7. The van der Waals surface area contributed by atoms with E-state index in [9.17, 15) is 0 Å². The fourth-order valence-electron chi connectivity index (χ4n) is 4.86. The average molecular weight is 581 g/mol. The largest absolute Gasteiger partial charge is 0.492 e. The maximum atomic E-state index is 7.57. The number of anilines is 2. The molecule has 0 fully saturated rings. The Balaban J connectivity index is 1.20. The number of nitrogens with zero attached hydrogens (tertiary/aromatic N) is 2. The van der Waals surface area contributed by atoms with Crippen LogP contribution in [0.3, 0.4) is 0 Å². The molecule has 0 atom stereocenters. The minimum absolute atomic E-state index is 0.0428. The van der Waals surface area contributed by atoms with Gasteiger partial charge in [-0.25, -0.2) is 0 Å². The highest BCUT2D eigenvalue weighted by Crippen LogP contribution is 2.47. The predicted octanol–water partition coefficient (Wildman–Crippen LogP) is 5.71. The second kappa shape index (κ2) is 13.9. The third-order valence-corrected chi connectivity index (χ3v) is 8.20. The maximum absolute atomic E-state index is 7.57. The lowest BCUT2D eigenvalue weighted by Gasteiger charge is -2.33. The number of rotatable bonds is 14. The molecule has 1 aliphatic rings. The van der Waals surface area contributed by atoms with Crippen LogP contribution in [0.2, 0.25) is 0 Å². The first-order valence-corrected chi connectivity index (χ1v) is 14.8. The molecular weight excluding hydrogens is 544 g/mol. The Hall–Kier alpha value is -4.47. The molecule has 0 bridgehead atoms. The number of fused-ring (bicyclic) bond motifs is 2. The average Bonchev–Trinajstić information content (AvgIpc) is 3.01. The van der Waals surface area contributed by atoms with Gasteiger partial charge in [0.25, 0.3) is 0 Å². The van der Waals surface area contributed by atoms with Gasteiger partial charge in [0.2, 0.25) is 0 Å². The first-order chi connectivity index (χ1) is 20.5. The van der Waals surface area contributed by atoms with Crippen LogP contribution in [0.15, 0.2) is 107 Å². The van der Waals surface area contributed by atoms with Gasteiger partial charge in [-0.05, 0) is 79.2 Å². The van der Waals surface area contributed by atoms with E-state index in [4.69, 9.17) is 31.8 Å². The number of benzene rings is 4. The normalized spacial score (nSPS) is 12.0. The van der Waals surface area contributed by atoms with E-state index in [1.54, 1.807) is 24.3 Å². The Morgan fingerprint density at radius 3 is 1.55 bits per heavy atom. The summed E-state index contributed by atoms with van der Waals surface area (Å²) in [5, 5.41) is 15.1. The van der Waals surface area contributed by atoms with Crippen molar-refractivity contribution in [2.75, 3.05) is 44.3 Å². The molecule has 0 spiro atoms. The molecule has 0 saturated carbocycles. The van der Waals surface area contributed by atoms with E-state index in [0.717, 1.165) is 44.1 Å². The second-order valence-electron chi connectivity index (χ2n) is 9.96. The van der Waals surface area contributed by atoms with Crippen LogP contribution in [0.4, 0.5) is 11.4 Å². The maximum Gasteiger partial charge on any atom is 0.122 e. The van der Waals surface area contributed by atoms with Gasteiger partial charge in [-0.3, -0.25) is 15.7 Å². The molecule has 4 aromatic carbocycles. The first-order valence-electron chi connectivity index (χ1n) is 14.0. The van der Waals surface area contributed by atoms with Gasteiger partial charge in [-0.2, -0.15) is 0 Å². The van der Waals surface area contributed by atoms with Crippen molar-refractivity contribution in [1.82, 2.24) is 4.90 Å². The fourth-order valence-corrected chi connectivity index (χ4v) is 5.95. The van der Waals surface area contributed by atoms with Gasteiger partial charge in [0.15, 0.2) is 0 Å². The Morgan fingerprint density at radius 2 is 1.10 bits per heavy atom. The zero-order valence-electron chi connectivity index (χ0n) is 23.5. The molecule has 0 aromatic heterocycles. The van der Waals surface area contributed by atoms with E-state index in [1.165, 1.54) is 21.2 Å². The molecule has 0 aliphatic carbocycles. The highest BCUT2D eigenvalue weighted by atomic mass is 32.2. The van der Waals surface area contributed by atoms with Crippen molar-refractivity contribution >= 4 is 34.8 Å². The van der Waals surface area contributed by atoms with E-state index in [-0.39, 0.29) is 11.7 Å². The third kappa shape index (κ3) is 7.43. The van der Waals surface area contributed by atoms with Crippen LogP contribution in [0.25, 0.3) is 0 Å². The van der Waals surface area contributed by atoms with Gasteiger partial charge in [-0.15, -0.1) is 0 Å². The van der Waals surface area contributed by atoms with Crippen LogP contribution in [0.5, 0.6) is 11.5 Å². The van der Waals surface area contributed by atoms with Crippen molar-refractivity contribution in [2.45, 2.75) is 16.2 Å². The Morgan fingerprint density at radius 1 is 0.643 bits per heavy atom. The summed E-state index contributed by atoms with van der Waals surface area (Å²) in [6.45, 7) is 4.31. The minimum atomic E-state index is 0.0428. The van der Waals surface area contributed by atoms with Crippen molar-refractivity contribution < 1.29 is 9.47 Å². The van der Waals surface area contributed by atoms with Gasteiger partial charge >= 0.3 is 0 Å². The summed E-state index contributed by atoms with van der Waals surface area (Å²) in [6.07, 6.45) is 0.966. The lowest BCUT2D eigenvalue weighted by atomic mass is 10.2. The molecule has 9 heteroatoms. The van der Waals surface area contributed by atoms with Gasteiger partial charge in [0.1, 0.15) is 36.4 Å². The van der Waals surface area contributed by atoms with Crippen LogP contribution in [0, 0.1) is 10.8 Å². The van der Waals surface area contributed by atoms with Gasteiger partial charge < -0.3 is 25.8 Å². The first kappa shape index (κ1) is 29.0. The predicted molar refractivity (Wildman–Crippen MR) is 171 cm³/mol. The standard InChI is InChI=1S/C33H36N6O2S/c34-32(35)24-10-14-26(15-11-24)40-22-20-38(21-23-41-27-16-12-25(13-17-27)33(36)37)18-5-19-39-28-6-1-3-8-30(28)42-31-9-4-2-7-29(31)39/h1-4,6-17H,5,18-23H2,(H3,34,35)(H3,36,37). The van der Waals surface area contributed by atoms with Crippen LogP contribution in [0.1, 0.15) is 17.5 Å². The van der Waals surface area contributed by atoms with E-state index >= 15 is 0 Å². The van der Waals surface area contributed by atoms with Crippen molar-refractivity contribution in [3.8, 4) is 11.5 Å². The zero-order valence-corrected chi connectivity index (χ0v) is 24.3. The molecule has 42 heavy (non-hydrogen) atoms. The van der Waals surface area contributed by atoms with E-state index in [2.05, 4.69) is 58.3 Å². The molecule has 0 saturated heterocycles. The number of ether oxygens (including phenoxy) is 2. The van der Waals surface area contributed by atoms with Gasteiger partial charge in [0.05, 0.1) is 11.4 Å². The summed E-state index contributed by atoms with van der Waals surface area (Å²) >= 11 is 1.83. The highest BCUT2D eigenvalue weighted by molar-refractivity contribution is 7.99. The number of nitrogen functional groups attached to an aromatic ring is 2. The zero-order chi connectivity index (χ0) is 29.3. The van der Waals surface area contributed by atoms with E-state index < -0.39 is 0 Å². The topological polar surface area (TPSA) is 125 Å². The van der Waals surface area contributed by atoms with Crippen molar-refractivity contribution in [2.24, 2.45) is 11.5 Å². The molecule has 1 heterocycles. The minimum Gasteiger partial charge on any atom is -0.492 e. The molecule has 0 amide bonds. The smallest absolute Gasteiger partial charge is 0.122 e. The monoisotopic (exact) mass is 580 g/mol. The van der Waals surface area contributed by atoms with E-state index in [1.807, 2.05) is 36.0 Å². The third-order valence-electron chi connectivity index (χ3n) is 7.07. The quantitative estimate of drug-likeness (QED) is 0.111. The number of nitrogens with one attached hydrogen (secondary N) is 2. The SMILES string of the molecule is N=C(N)c1ccc(OCCN(CCCN2c3ccccc3Sc3ccccc32)CCOc2ccc(C(=N)N)cc2)cc1. The fraction of sp³-hybridized carbons (Fsp3) is 0.212. The van der Waals surface area contributed by atoms with Crippen LogP contribution in [-0.2, 0) is 0 Å². The molecule has 0 unspecified atom stereocenters. The number of nitrogens with two attached hydrogens (primary N) is 2. The summed E-state index contributed by atoms with van der Waals surface area (Å²) < 4.78 is 12.0.